The van der Waals surface area contributed by atoms with E-state index in [0.29, 0.717) is 0 Å². The molecule has 1 heterocycles. The molecule has 12 heavy (non-hydrogen) atoms. The highest BCUT2D eigenvalue weighted by atomic mass is 16.7. The summed E-state index contributed by atoms with van der Waals surface area (Å²) in [6, 6.07) is 0. The summed E-state index contributed by atoms with van der Waals surface area (Å²) in [6.45, 7) is -0.526. The lowest BCUT2D eigenvalue weighted by Gasteiger charge is -2.37. The predicted octanol–water partition coefficient (Wildman–Crippen LogP) is -3.22. The summed E-state index contributed by atoms with van der Waals surface area (Å²) in [5.41, 5.74) is 0. The normalized spacial score (nSPS) is 49.2. The number of rotatable bonds is 1. The zero-order valence-corrected chi connectivity index (χ0v) is 6.24. The Bertz CT molecular complexity index is 146. The summed E-state index contributed by atoms with van der Waals surface area (Å²) >= 11 is 0. The van der Waals surface area contributed by atoms with Crippen LogP contribution in [0.2, 0.25) is 0 Å². The summed E-state index contributed by atoms with van der Waals surface area (Å²) in [5.74, 6) is 0. The van der Waals surface area contributed by atoms with Gasteiger partial charge < -0.3 is 30.3 Å². The van der Waals surface area contributed by atoms with Crippen molar-refractivity contribution in [2.45, 2.75) is 30.7 Å². The minimum Gasteiger partial charge on any atom is -0.394 e. The van der Waals surface area contributed by atoms with Gasteiger partial charge in [0.2, 0.25) is 0 Å². The first-order chi connectivity index (χ1) is 5.57. The standard InChI is InChI=1S/C6H12O6/c7-1-2-3(8)4(9)5(10)6(11)12-2/h2-11H,1H2/t2-,3-,4+,5-,6?/m1/s1/i5+1. The van der Waals surface area contributed by atoms with Crippen LogP contribution in [-0.2, 0) is 4.74 Å². The molecule has 1 aliphatic heterocycles. The fourth-order valence-electron chi connectivity index (χ4n) is 1.08. The molecule has 72 valence electrons. The molecule has 0 aliphatic carbocycles. The van der Waals surface area contributed by atoms with Crippen molar-refractivity contribution in [3.05, 3.63) is 0 Å². The van der Waals surface area contributed by atoms with E-state index >= 15 is 0 Å². The van der Waals surface area contributed by atoms with E-state index in [1.807, 2.05) is 0 Å². The highest BCUT2D eigenvalue weighted by Crippen LogP contribution is 2.18. The number of ether oxygens (including phenoxy) is 1. The van der Waals surface area contributed by atoms with Gasteiger partial charge in [-0.05, 0) is 0 Å². The van der Waals surface area contributed by atoms with Crippen molar-refractivity contribution in [2.75, 3.05) is 6.61 Å². The van der Waals surface area contributed by atoms with Crippen LogP contribution in [0.1, 0.15) is 0 Å². The predicted molar refractivity (Wildman–Crippen MR) is 36.0 cm³/mol. The molecule has 0 aromatic heterocycles. The van der Waals surface area contributed by atoms with Gasteiger partial charge in [0.15, 0.2) is 6.29 Å². The highest BCUT2D eigenvalue weighted by molar-refractivity contribution is 4.87. The van der Waals surface area contributed by atoms with Crippen molar-refractivity contribution >= 4 is 0 Å². The van der Waals surface area contributed by atoms with Crippen molar-refractivity contribution in [3.8, 4) is 0 Å². The van der Waals surface area contributed by atoms with Gasteiger partial charge in [0.05, 0.1) is 6.61 Å². The molecule has 0 radical (unpaired) electrons. The van der Waals surface area contributed by atoms with Crippen LogP contribution in [0.4, 0.5) is 0 Å². The average molecular weight is 181 g/mol. The fraction of sp³-hybridized carbons (Fsp3) is 1.00. The first kappa shape index (κ1) is 9.85. The highest BCUT2D eigenvalue weighted by Gasteiger charge is 2.42. The third kappa shape index (κ3) is 1.58. The van der Waals surface area contributed by atoms with Crippen LogP contribution >= 0.6 is 0 Å². The van der Waals surface area contributed by atoms with Gasteiger partial charge in [-0.15, -0.1) is 0 Å². The molecule has 0 aromatic carbocycles. The lowest BCUT2D eigenvalue weighted by atomic mass is 10.1. The first-order valence-electron chi connectivity index (χ1n) is 3.56. The second kappa shape index (κ2) is 3.65. The zero-order chi connectivity index (χ0) is 9.30. The third-order valence-corrected chi connectivity index (χ3v) is 1.87. The topological polar surface area (TPSA) is 110 Å². The minimum absolute atomic E-state index is 0.526. The van der Waals surface area contributed by atoms with E-state index in [9.17, 15) is 0 Å². The molecule has 5 N–H and O–H groups in total. The van der Waals surface area contributed by atoms with Crippen LogP contribution < -0.4 is 0 Å². The molecule has 0 bridgehead atoms. The van der Waals surface area contributed by atoms with Crippen LogP contribution in [0.3, 0.4) is 0 Å². The van der Waals surface area contributed by atoms with Gasteiger partial charge in [-0.1, -0.05) is 0 Å². The van der Waals surface area contributed by atoms with Crippen molar-refractivity contribution < 1.29 is 30.3 Å². The molecule has 1 unspecified atom stereocenters. The van der Waals surface area contributed by atoms with Crippen LogP contribution in [0.15, 0.2) is 0 Å². The SMILES string of the molecule is OC[C@H]1OC(O)[13C@H](O)[C@@H](O)[C@@H]1O. The van der Waals surface area contributed by atoms with Gasteiger partial charge in [0, 0.05) is 0 Å². The largest absolute Gasteiger partial charge is 0.394 e. The van der Waals surface area contributed by atoms with Crippen molar-refractivity contribution in [1.29, 1.82) is 0 Å². The number of aliphatic hydroxyl groups is 5. The molecule has 1 saturated heterocycles. The number of aliphatic hydroxyl groups excluding tert-OH is 5. The third-order valence-electron chi connectivity index (χ3n) is 1.87. The Kier molecular flexibility index (Phi) is 2.99. The summed E-state index contributed by atoms with van der Waals surface area (Å²) in [5, 5.41) is 44.7. The molecule has 0 spiro atoms. The number of hydrogen-bond donors (Lipinski definition) is 5. The molecule has 1 rings (SSSR count). The van der Waals surface area contributed by atoms with E-state index < -0.39 is 37.3 Å². The van der Waals surface area contributed by atoms with Gasteiger partial charge >= 0.3 is 0 Å². The Morgan fingerprint density at radius 1 is 0.917 bits per heavy atom. The smallest absolute Gasteiger partial charge is 0.184 e. The Hall–Kier alpha value is -0.240. The van der Waals surface area contributed by atoms with E-state index in [1.54, 1.807) is 0 Å². The average Bonchev–Trinajstić information content (AvgIpc) is 2.08. The van der Waals surface area contributed by atoms with Crippen LogP contribution in [0.25, 0.3) is 0 Å². The zero-order valence-electron chi connectivity index (χ0n) is 6.24. The molecule has 6 heteroatoms. The molecule has 0 aromatic rings. The van der Waals surface area contributed by atoms with Crippen LogP contribution in [0.5, 0.6) is 0 Å². The molecule has 1 aliphatic rings. The Morgan fingerprint density at radius 2 is 1.50 bits per heavy atom. The van der Waals surface area contributed by atoms with E-state index in [0.717, 1.165) is 0 Å². The van der Waals surface area contributed by atoms with Crippen LogP contribution in [0, 0.1) is 0 Å². The van der Waals surface area contributed by atoms with E-state index in [-0.39, 0.29) is 0 Å². The maximum absolute atomic E-state index is 9.12. The van der Waals surface area contributed by atoms with Crippen LogP contribution in [-0.4, -0.2) is 62.8 Å². The maximum Gasteiger partial charge on any atom is 0.184 e. The van der Waals surface area contributed by atoms with Crippen molar-refractivity contribution in [2.24, 2.45) is 0 Å². The first-order valence-corrected chi connectivity index (χ1v) is 3.56. The summed E-state index contributed by atoms with van der Waals surface area (Å²) in [7, 11) is 0. The second-order valence-electron chi connectivity index (χ2n) is 2.72. The molecule has 0 amide bonds. The van der Waals surface area contributed by atoms with E-state index in [2.05, 4.69) is 4.74 Å². The Labute approximate surface area is 68.6 Å². The minimum atomic E-state index is -1.57. The molecular formula is C6H12O6. The monoisotopic (exact) mass is 181 g/mol. The lowest BCUT2D eigenvalue weighted by Crippen LogP contribution is -2.58. The number of hydrogen-bond acceptors (Lipinski definition) is 6. The van der Waals surface area contributed by atoms with Gasteiger partial charge in [0.1, 0.15) is 24.4 Å². The molecule has 0 saturated carbocycles. The summed E-state index contributed by atoms with van der Waals surface area (Å²) in [6.07, 6.45) is -7.04. The lowest BCUT2D eigenvalue weighted by molar-refractivity contribution is -0.286. The molecule has 1 fully saturated rings. The quantitative estimate of drug-likeness (QED) is 0.272. The van der Waals surface area contributed by atoms with Gasteiger partial charge in [0.25, 0.3) is 0 Å². The molecule has 6 nitrogen and oxygen atoms in total. The second-order valence-corrected chi connectivity index (χ2v) is 2.72. The maximum atomic E-state index is 9.12. The Balaban J connectivity index is 2.63. The fourth-order valence-corrected chi connectivity index (χ4v) is 1.08. The van der Waals surface area contributed by atoms with Gasteiger partial charge in [-0.2, -0.15) is 0 Å². The van der Waals surface area contributed by atoms with Crippen molar-refractivity contribution in [1.82, 2.24) is 0 Å². The van der Waals surface area contributed by atoms with E-state index in [1.165, 1.54) is 0 Å². The molecular weight excluding hydrogens is 169 g/mol. The summed E-state index contributed by atoms with van der Waals surface area (Å²) in [4.78, 5) is 0. The Morgan fingerprint density at radius 3 is 2.00 bits per heavy atom. The molecule has 5 atom stereocenters. The van der Waals surface area contributed by atoms with Gasteiger partial charge in [-0.3, -0.25) is 0 Å². The van der Waals surface area contributed by atoms with E-state index in [4.69, 9.17) is 25.5 Å². The summed E-state index contributed by atoms with van der Waals surface area (Å²) < 4.78 is 4.58. The van der Waals surface area contributed by atoms with Crippen molar-refractivity contribution in [3.63, 3.8) is 0 Å². The van der Waals surface area contributed by atoms with Gasteiger partial charge in [-0.25, -0.2) is 0 Å².